The third-order valence-corrected chi connectivity index (χ3v) is 5.59. The number of halogens is 1. The van der Waals surface area contributed by atoms with Gasteiger partial charge in [0, 0.05) is 20.0 Å². The van der Waals surface area contributed by atoms with Crippen LogP contribution in [-0.2, 0) is 29.0 Å². The Kier molecular flexibility index (Phi) is 8.62. The van der Waals surface area contributed by atoms with Crippen molar-refractivity contribution in [2.45, 2.75) is 25.4 Å². The van der Waals surface area contributed by atoms with Gasteiger partial charge < -0.3 is 19.7 Å². The molecule has 0 bridgehead atoms. The van der Waals surface area contributed by atoms with Crippen LogP contribution in [0, 0.1) is 5.82 Å². The van der Waals surface area contributed by atoms with Crippen molar-refractivity contribution in [2.75, 3.05) is 21.3 Å². The molecule has 0 spiro atoms. The predicted molar refractivity (Wildman–Crippen MR) is 128 cm³/mol. The molecule has 0 aromatic heterocycles. The second-order valence-corrected chi connectivity index (χ2v) is 7.83. The Labute approximate surface area is 199 Å². The second kappa shape index (κ2) is 11.8. The number of amides is 2. The predicted octanol–water partition coefficient (Wildman–Crippen LogP) is 3.77. The molecule has 0 saturated heterocycles. The van der Waals surface area contributed by atoms with Crippen molar-refractivity contribution in [1.29, 1.82) is 0 Å². The molecule has 178 valence electrons. The quantitative estimate of drug-likeness (QED) is 0.496. The van der Waals surface area contributed by atoms with E-state index in [1.807, 2.05) is 30.3 Å². The summed E-state index contributed by atoms with van der Waals surface area (Å²) < 4.78 is 24.1. The van der Waals surface area contributed by atoms with Crippen molar-refractivity contribution in [2.24, 2.45) is 0 Å². The molecule has 0 radical (unpaired) electrons. The molecule has 0 heterocycles. The number of nitrogens with one attached hydrogen (secondary N) is 1. The first-order valence-corrected chi connectivity index (χ1v) is 11.0. The molecule has 3 rings (SSSR count). The highest BCUT2D eigenvalue weighted by Gasteiger charge is 2.30. The molecule has 0 aliphatic carbocycles. The lowest BCUT2D eigenvalue weighted by molar-refractivity contribution is -0.140. The topological polar surface area (TPSA) is 67.9 Å². The summed E-state index contributed by atoms with van der Waals surface area (Å²) in [6.45, 7) is 0.164. The Balaban J connectivity index is 1.94. The summed E-state index contributed by atoms with van der Waals surface area (Å²) in [4.78, 5) is 28.1. The van der Waals surface area contributed by atoms with Crippen LogP contribution in [0.5, 0.6) is 11.5 Å². The van der Waals surface area contributed by atoms with Crippen molar-refractivity contribution in [3.8, 4) is 11.5 Å². The second-order valence-electron chi connectivity index (χ2n) is 7.83. The number of carbonyl (C=O) groups is 2. The van der Waals surface area contributed by atoms with Crippen LogP contribution in [0.25, 0.3) is 0 Å². The maximum absolute atomic E-state index is 13.6. The lowest BCUT2D eigenvalue weighted by Gasteiger charge is -2.31. The van der Waals surface area contributed by atoms with E-state index in [1.165, 1.54) is 19.2 Å². The average Bonchev–Trinajstić information content (AvgIpc) is 2.87. The van der Waals surface area contributed by atoms with E-state index in [1.54, 1.807) is 49.4 Å². The Hall–Kier alpha value is -3.87. The Bertz CT molecular complexity index is 1100. The molecule has 0 fully saturated rings. The first-order chi connectivity index (χ1) is 16.4. The first kappa shape index (κ1) is 24.8. The number of benzene rings is 3. The van der Waals surface area contributed by atoms with Crippen molar-refractivity contribution in [1.82, 2.24) is 10.2 Å². The molecule has 0 unspecified atom stereocenters. The smallest absolute Gasteiger partial charge is 0.242 e. The van der Waals surface area contributed by atoms with Crippen molar-refractivity contribution in [3.63, 3.8) is 0 Å². The SMILES string of the molecule is CNC(=O)[C@H](Cc1ccccc1)N(Cc1ccc(F)cc1)C(=O)Cc1ccc(OC)c(OC)c1. The van der Waals surface area contributed by atoms with Gasteiger partial charge in [-0.3, -0.25) is 9.59 Å². The van der Waals surface area contributed by atoms with Gasteiger partial charge in [-0.2, -0.15) is 0 Å². The summed E-state index contributed by atoms with van der Waals surface area (Å²) in [5, 5.41) is 2.68. The Morgan fingerprint density at radius 1 is 0.882 bits per heavy atom. The van der Waals surface area contributed by atoms with Crippen LogP contribution in [0.4, 0.5) is 4.39 Å². The number of rotatable bonds is 10. The molecule has 0 aliphatic rings. The zero-order valence-corrected chi connectivity index (χ0v) is 19.6. The number of methoxy groups -OCH3 is 2. The Morgan fingerprint density at radius 2 is 1.53 bits per heavy atom. The van der Waals surface area contributed by atoms with Crippen molar-refractivity contribution in [3.05, 3.63) is 95.3 Å². The molecule has 0 saturated carbocycles. The summed E-state index contributed by atoms with van der Waals surface area (Å²) in [5.74, 6) is 0.214. The maximum Gasteiger partial charge on any atom is 0.242 e. The first-order valence-electron chi connectivity index (χ1n) is 11.0. The van der Waals surface area contributed by atoms with E-state index in [-0.39, 0.29) is 30.6 Å². The maximum atomic E-state index is 13.6. The van der Waals surface area contributed by atoms with E-state index in [9.17, 15) is 14.0 Å². The van der Waals surface area contributed by atoms with Crippen molar-refractivity contribution < 1.29 is 23.5 Å². The van der Waals surface area contributed by atoms with E-state index in [4.69, 9.17) is 9.47 Å². The number of hydrogen-bond donors (Lipinski definition) is 1. The highest BCUT2D eigenvalue weighted by Crippen LogP contribution is 2.28. The van der Waals surface area contributed by atoms with Crippen LogP contribution >= 0.6 is 0 Å². The van der Waals surface area contributed by atoms with Crippen LogP contribution in [0.1, 0.15) is 16.7 Å². The zero-order chi connectivity index (χ0) is 24.5. The summed E-state index contributed by atoms with van der Waals surface area (Å²) in [6.07, 6.45) is 0.406. The van der Waals surface area contributed by atoms with Gasteiger partial charge in [-0.1, -0.05) is 48.5 Å². The number of likely N-dealkylation sites (N-methyl/N-ethyl adjacent to an activating group) is 1. The summed E-state index contributed by atoms with van der Waals surface area (Å²) >= 11 is 0. The summed E-state index contributed by atoms with van der Waals surface area (Å²) in [6, 6.07) is 20.0. The van der Waals surface area contributed by atoms with Gasteiger partial charge in [-0.05, 0) is 41.0 Å². The molecule has 3 aromatic rings. The molecular weight excluding hydrogens is 435 g/mol. The minimum Gasteiger partial charge on any atom is -0.493 e. The van der Waals surface area contributed by atoms with E-state index in [2.05, 4.69) is 5.32 Å². The monoisotopic (exact) mass is 464 g/mol. The number of nitrogens with zero attached hydrogens (tertiary/aromatic N) is 1. The fourth-order valence-corrected chi connectivity index (χ4v) is 3.77. The highest BCUT2D eigenvalue weighted by molar-refractivity contribution is 5.88. The van der Waals surface area contributed by atoms with Gasteiger partial charge >= 0.3 is 0 Å². The van der Waals surface area contributed by atoms with Crippen LogP contribution in [-0.4, -0.2) is 44.0 Å². The molecule has 0 aliphatic heterocycles. The molecule has 2 amide bonds. The standard InChI is InChI=1S/C27H29FN2O4/c1-29-27(32)23(15-19-7-5-4-6-8-19)30(18-20-9-12-22(28)13-10-20)26(31)17-21-11-14-24(33-2)25(16-21)34-3/h4-14,16,23H,15,17-18H2,1-3H3,(H,29,32)/t23-/m0/s1. The molecular formula is C27H29FN2O4. The molecule has 6 nitrogen and oxygen atoms in total. The largest absolute Gasteiger partial charge is 0.493 e. The van der Waals surface area contributed by atoms with E-state index >= 15 is 0 Å². The third kappa shape index (κ3) is 6.34. The normalized spacial score (nSPS) is 11.4. The molecule has 34 heavy (non-hydrogen) atoms. The minimum atomic E-state index is -0.745. The van der Waals surface area contributed by atoms with Crippen LogP contribution in [0.15, 0.2) is 72.8 Å². The van der Waals surface area contributed by atoms with Crippen LogP contribution in [0.3, 0.4) is 0 Å². The van der Waals surface area contributed by atoms with Gasteiger partial charge in [-0.25, -0.2) is 4.39 Å². The lowest BCUT2D eigenvalue weighted by Crippen LogP contribution is -2.50. The average molecular weight is 465 g/mol. The fourth-order valence-electron chi connectivity index (χ4n) is 3.77. The van der Waals surface area contributed by atoms with Crippen LogP contribution < -0.4 is 14.8 Å². The van der Waals surface area contributed by atoms with Crippen LogP contribution in [0.2, 0.25) is 0 Å². The van der Waals surface area contributed by atoms with Gasteiger partial charge in [0.25, 0.3) is 0 Å². The highest BCUT2D eigenvalue weighted by atomic mass is 19.1. The molecule has 1 atom stereocenters. The van der Waals surface area contributed by atoms with E-state index in [0.717, 1.165) is 16.7 Å². The van der Waals surface area contributed by atoms with E-state index in [0.29, 0.717) is 17.9 Å². The number of ether oxygens (including phenoxy) is 2. The summed E-state index contributed by atoms with van der Waals surface area (Å²) in [5.41, 5.74) is 2.38. The van der Waals surface area contributed by atoms with Gasteiger partial charge in [0.1, 0.15) is 11.9 Å². The zero-order valence-electron chi connectivity index (χ0n) is 19.6. The fraction of sp³-hybridized carbons (Fsp3) is 0.259. The minimum absolute atomic E-state index is 0.0594. The number of carbonyl (C=O) groups excluding carboxylic acids is 2. The van der Waals surface area contributed by atoms with Crippen molar-refractivity contribution >= 4 is 11.8 Å². The molecule has 3 aromatic carbocycles. The third-order valence-electron chi connectivity index (χ3n) is 5.59. The summed E-state index contributed by atoms with van der Waals surface area (Å²) in [7, 11) is 4.63. The molecule has 7 heteroatoms. The number of hydrogen-bond acceptors (Lipinski definition) is 4. The lowest BCUT2D eigenvalue weighted by atomic mass is 10.0. The van der Waals surface area contributed by atoms with E-state index < -0.39 is 6.04 Å². The van der Waals surface area contributed by atoms with Gasteiger partial charge in [0.15, 0.2) is 11.5 Å². The molecule has 1 N–H and O–H groups in total. The van der Waals surface area contributed by atoms with Gasteiger partial charge in [0.2, 0.25) is 11.8 Å². The van der Waals surface area contributed by atoms with Gasteiger partial charge in [0.05, 0.1) is 20.6 Å². The van der Waals surface area contributed by atoms with Gasteiger partial charge in [-0.15, -0.1) is 0 Å². The Morgan fingerprint density at radius 3 is 2.15 bits per heavy atom.